The number of nitrogens with two attached hydrogens (primary N) is 1. The van der Waals surface area contributed by atoms with Gasteiger partial charge < -0.3 is 10.5 Å². The Morgan fingerprint density at radius 2 is 1.92 bits per heavy atom. The van der Waals surface area contributed by atoms with Gasteiger partial charge in [-0.1, -0.05) is 23.7 Å². The number of aromatic nitrogens is 2. The van der Waals surface area contributed by atoms with Gasteiger partial charge in [-0.3, -0.25) is 4.68 Å². The molecule has 0 amide bonds. The topological polar surface area (TPSA) is 53.1 Å². The molecule has 2 aromatic carbocycles. The van der Waals surface area contributed by atoms with Crippen LogP contribution in [0.15, 0.2) is 42.5 Å². The Labute approximate surface area is 146 Å². The van der Waals surface area contributed by atoms with E-state index in [2.05, 4.69) is 11.2 Å². The molecular weight excluding hydrogens is 322 g/mol. The van der Waals surface area contributed by atoms with E-state index < -0.39 is 0 Å². The van der Waals surface area contributed by atoms with Crippen molar-refractivity contribution in [2.45, 2.75) is 20.5 Å². The Morgan fingerprint density at radius 1 is 1.12 bits per heavy atom. The second-order valence-electron chi connectivity index (χ2n) is 5.89. The summed E-state index contributed by atoms with van der Waals surface area (Å²) in [5, 5.41) is 5.00. The van der Waals surface area contributed by atoms with Gasteiger partial charge in [0.25, 0.3) is 0 Å². The lowest BCUT2D eigenvalue weighted by Gasteiger charge is -2.13. The standard InChI is InChI=1S/C19H20ClN3O/c1-12-5-4-6-16(21)15(12)11-24-18-8-7-14(9-13(18)2)17-10-19(20)23(3)22-17/h4-10H,11,21H2,1-3H3. The zero-order valence-electron chi connectivity index (χ0n) is 14.0. The number of anilines is 1. The van der Waals surface area contributed by atoms with Gasteiger partial charge in [0.15, 0.2) is 0 Å². The zero-order chi connectivity index (χ0) is 17.3. The number of hydrogen-bond donors (Lipinski definition) is 1. The Morgan fingerprint density at radius 3 is 2.54 bits per heavy atom. The summed E-state index contributed by atoms with van der Waals surface area (Å²) in [6.07, 6.45) is 0. The minimum atomic E-state index is 0.452. The maximum atomic E-state index is 6.06. The highest BCUT2D eigenvalue weighted by Crippen LogP contribution is 2.28. The largest absolute Gasteiger partial charge is 0.489 e. The normalized spacial score (nSPS) is 10.8. The number of nitrogen functional groups attached to an aromatic ring is 1. The van der Waals surface area contributed by atoms with E-state index in [-0.39, 0.29) is 0 Å². The van der Waals surface area contributed by atoms with E-state index >= 15 is 0 Å². The Bertz CT molecular complexity index is 847. The smallest absolute Gasteiger partial charge is 0.127 e. The predicted octanol–water partition coefficient (Wildman–Crippen LogP) is 4.52. The van der Waals surface area contributed by atoms with Gasteiger partial charge in [0.05, 0.1) is 5.69 Å². The zero-order valence-corrected chi connectivity index (χ0v) is 14.8. The van der Waals surface area contributed by atoms with E-state index in [1.807, 2.05) is 57.3 Å². The van der Waals surface area contributed by atoms with E-state index in [0.29, 0.717) is 11.8 Å². The third kappa shape index (κ3) is 3.24. The van der Waals surface area contributed by atoms with Gasteiger partial charge in [0.1, 0.15) is 17.5 Å². The molecule has 0 aliphatic carbocycles. The van der Waals surface area contributed by atoms with Crippen LogP contribution in [0.4, 0.5) is 5.69 Å². The first-order valence-electron chi connectivity index (χ1n) is 7.73. The van der Waals surface area contributed by atoms with Crippen LogP contribution in [0, 0.1) is 13.8 Å². The average molecular weight is 342 g/mol. The molecule has 0 aliphatic rings. The van der Waals surface area contributed by atoms with Crippen molar-refractivity contribution in [2.75, 3.05) is 5.73 Å². The second-order valence-corrected chi connectivity index (χ2v) is 6.27. The van der Waals surface area contributed by atoms with Gasteiger partial charge >= 0.3 is 0 Å². The van der Waals surface area contributed by atoms with E-state index in [4.69, 9.17) is 22.1 Å². The monoisotopic (exact) mass is 341 g/mol. The minimum absolute atomic E-state index is 0.452. The summed E-state index contributed by atoms with van der Waals surface area (Å²) in [7, 11) is 1.82. The maximum absolute atomic E-state index is 6.06. The SMILES string of the molecule is Cc1cc(-c2cc(Cl)n(C)n2)ccc1OCc1c(C)cccc1N. The molecule has 0 saturated heterocycles. The Hall–Kier alpha value is -2.46. The summed E-state index contributed by atoms with van der Waals surface area (Å²) < 4.78 is 7.62. The van der Waals surface area contributed by atoms with Crippen LogP contribution in [0.1, 0.15) is 16.7 Å². The van der Waals surface area contributed by atoms with E-state index in [1.54, 1.807) is 4.68 Å². The molecule has 3 rings (SSSR count). The summed E-state index contributed by atoms with van der Waals surface area (Å²) >= 11 is 6.06. The molecule has 4 nitrogen and oxygen atoms in total. The van der Waals surface area contributed by atoms with E-state index in [9.17, 15) is 0 Å². The van der Waals surface area contributed by atoms with Crippen LogP contribution >= 0.6 is 11.6 Å². The molecule has 0 atom stereocenters. The molecule has 124 valence electrons. The van der Waals surface area contributed by atoms with Gasteiger partial charge in [-0.05, 0) is 49.2 Å². The van der Waals surface area contributed by atoms with Crippen LogP contribution < -0.4 is 10.5 Å². The molecule has 0 bridgehead atoms. The number of rotatable bonds is 4. The van der Waals surface area contributed by atoms with Gasteiger partial charge in [-0.15, -0.1) is 0 Å². The number of benzene rings is 2. The third-order valence-electron chi connectivity index (χ3n) is 4.11. The molecule has 0 radical (unpaired) electrons. The molecule has 0 aliphatic heterocycles. The van der Waals surface area contributed by atoms with Crippen molar-refractivity contribution in [3.8, 4) is 17.0 Å². The fraction of sp³-hybridized carbons (Fsp3) is 0.211. The summed E-state index contributed by atoms with van der Waals surface area (Å²) in [5.74, 6) is 0.837. The first kappa shape index (κ1) is 16.4. The third-order valence-corrected chi connectivity index (χ3v) is 4.47. The number of halogens is 1. The van der Waals surface area contributed by atoms with Crippen molar-refractivity contribution in [3.05, 3.63) is 64.3 Å². The summed E-state index contributed by atoms with van der Waals surface area (Å²) in [5.41, 5.74) is 11.9. The maximum Gasteiger partial charge on any atom is 0.127 e. The highest BCUT2D eigenvalue weighted by atomic mass is 35.5. The van der Waals surface area contributed by atoms with Crippen LogP contribution in [0.25, 0.3) is 11.3 Å². The minimum Gasteiger partial charge on any atom is -0.489 e. The van der Waals surface area contributed by atoms with Crippen molar-refractivity contribution in [1.29, 1.82) is 0 Å². The highest BCUT2D eigenvalue weighted by molar-refractivity contribution is 6.29. The molecule has 2 N–H and O–H groups in total. The van der Waals surface area contributed by atoms with Gasteiger partial charge in [0, 0.05) is 29.9 Å². The van der Waals surface area contributed by atoms with E-state index in [1.165, 1.54) is 0 Å². The van der Waals surface area contributed by atoms with Crippen LogP contribution in [0.5, 0.6) is 5.75 Å². The van der Waals surface area contributed by atoms with Crippen molar-refractivity contribution in [1.82, 2.24) is 9.78 Å². The van der Waals surface area contributed by atoms with E-state index in [0.717, 1.165) is 39.4 Å². The number of hydrogen-bond acceptors (Lipinski definition) is 3. The van der Waals surface area contributed by atoms with Gasteiger partial charge in [-0.2, -0.15) is 5.10 Å². The molecule has 1 heterocycles. The molecule has 5 heteroatoms. The molecular formula is C19H20ClN3O. The number of nitrogens with zero attached hydrogens (tertiary/aromatic N) is 2. The molecule has 1 aromatic heterocycles. The van der Waals surface area contributed by atoms with Crippen LogP contribution in [0.2, 0.25) is 5.15 Å². The quantitative estimate of drug-likeness (QED) is 0.710. The van der Waals surface area contributed by atoms with Crippen molar-refractivity contribution in [3.63, 3.8) is 0 Å². The lowest BCUT2D eigenvalue weighted by Crippen LogP contribution is -2.03. The van der Waals surface area contributed by atoms with Gasteiger partial charge in [0.2, 0.25) is 0 Å². The molecule has 3 aromatic rings. The van der Waals surface area contributed by atoms with Crippen LogP contribution in [0.3, 0.4) is 0 Å². The summed E-state index contributed by atoms with van der Waals surface area (Å²) in [6.45, 7) is 4.51. The number of ether oxygens (including phenoxy) is 1. The first-order chi connectivity index (χ1) is 11.5. The second kappa shape index (κ2) is 6.57. The summed E-state index contributed by atoms with van der Waals surface area (Å²) in [6, 6.07) is 13.7. The molecule has 0 fully saturated rings. The van der Waals surface area contributed by atoms with Crippen molar-refractivity contribution < 1.29 is 4.74 Å². The first-order valence-corrected chi connectivity index (χ1v) is 8.11. The highest BCUT2D eigenvalue weighted by Gasteiger charge is 2.09. The Balaban J connectivity index is 1.80. The average Bonchev–Trinajstić information content (AvgIpc) is 2.87. The van der Waals surface area contributed by atoms with Crippen LogP contribution in [-0.2, 0) is 13.7 Å². The molecule has 0 saturated carbocycles. The summed E-state index contributed by atoms with van der Waals surface area (Å²) in [4.78, 5) is 0. The molecule has 0 unspecified atom stereocenters. The molecule has 0 spiro atoms. The fourth-order valence-corrected chi connectivity index (χ4v) is 2.77. The number of aryl methyl sites for hydroxylation is 3. The predicted molar refractivity (Wildman–Crippen MR) is 98.3 cm³/mol. The van der Waals surface area contributed by atoms with Gasteiger partial charge in [-0.25, -0.2) is 0 Å². The molecule has 24 heavy (non-hydrogen) atoms. The fourth-order valence-electron chi connectivity index (χ4n) is 2.63. The van der Waals surface area contributed by atoms with Crippen molar-refractivity contribution in [2.24, 2.45) is 7.05 Å². The van der Waals surface area contributed by atoms with Crippen molar-refractivity contribution >= 4 is 17.3 Å². The lowest BCUT2D eigenvalue weighted by molar-refractivity contribution is 0.304. The lowest BCUT2D eigenvalue weighted by atomic mass is 10.1. The Kier molecular flexibility index (Phi) is 4.49. The van der Waals surface area contributed by atoms with Crippen LogP contribution in [-0.4, -0.2) is 9.78 Å².